The molecule has 1 aliphatic rings. The van der Waals surface area contributed by atoms with Gasteiger partial charge in [0.2, 0.25) is 0 Å². The van der Waals surface area contributed by atoms with Crippen LogP contribution in [0.15, 0.2) is 28.3 Å². The van der Waals surface area contributed by atoms with Crippen LogP contribution in [-0.4, -0.2) is 36.8 Å². The normalized spacial score (nSPS) is 24.5. The van der Waals surface area contributed by atoms with Gasteiger partial charge in [-0.05, 0) is 52.7 Å². The van der Waals surface area contributed by atoms with Crippen molar-refractivity contribution in [3.8, 4) is 0 Å². The fourth-order valence-corrected chi connectivity index (χ4v) is 2.75. The highest BCUT2D eigenvalue weighted by atomic mass is 15.2. The van der Waals surface area contributed by atoms with E-state index in [2.05, 4.69) is 49.7 Å². The van der Waals surface area contributed by atoms with Gasteiger partial charge in [0.1, 0.15) is 0 Å². The molecule has 0 saturated carbocycles. The zero-order valence-electron chi connectivity index (χ0n) is 12.7. The zero-order chi connectivity index (χ0) is 13.5. The van der Waals surface area contributed by atoms with Crippen molar-refractivity contribution < 1.29 is 0 Å². The first-order chi connectivity index (χ1) is 8.63. The first-order valence-corrected chi connectivity index (χ1v) is 7.09. The molecule has 0 bridgehead atoms. The van der Waals surface area contributed by atoms with E-state index in [1.165, 1.54) is 42.7 Å². The second-order valence-electron chi connectivity index (χ2n) is 5.16. The molecule has 1 atom stereocenters. The molecule has 0 N–H and O–H groups in total. The molecule has 0 aromatic heterocycles. The van der Waals surface area contributed by atoms with Crippen LogP contribution in [0.4, 0.5) is 0 Å². The lowest BCUT2D eigenvalue weighted by Crippen LogP contribution is -2.43. The average Bonchev–Trinajstić information content (AvgIpc) is 2.41. The quantitative estimate of drug-likeness (QED) is 0.545. The Morgan fingerprint density at radius 1 is 1.22 bits per heavy atom. The van der Waals surface area contributed by atoms with E-state index in [4.69, 9.17) is 0 Å². The van der Waals surface area contributed by atoms with E-state index in [-0.39, 0.29) is 0 Å². The molecule has 1 saturated heterocycles. The second kappa shape index (κ2) is 7.52. The van der Waals surface area contributed by atoms with Gasteiger partial charge in [0, 0.05) is 25.3 Å². The highest BCUT2D eigenvalue weighted by Gasteiger charge is 2.25. The standard InChI is InChI=1S/C16H28N2/c1-6-13(3)15(7-2)16-10-8-9-11-18(16)12-14(4)17-5/h6-7,16H,8-12H2,1-5H3. The third-order valence-electron chi connectivity index (χ3n) is 3.99. The number of allylic oxidation sites excluding steroid dienone is 2. The predicted molar refractivity (Wildman–Crippen MR) is 81.4 cm³/mol. The largest absolute Gasteiger partial charge is 0.296 e. The molecule has 0 aromatic rings. The van der Waals surface area contributed by atoms with Crippen LogP contribution in [0, 0.1) is 0 Å². The Balaban J connectivity index is 2.88. The Morgan fingerprint density at radius 2 is 1.94 bits per heavy atom. The van der Waals surface area contributed by atoms with Crippen molar-refractivity contribution in [1.82, 2.24) is 4.90 Å². The molecule has 1 heterocycles. The first-order valence-electron chi connectivity index (χ1n) is 7.09. The van der Waals surface area contributed by atoms with Crippen molar-refractivity contribution in [2.75, 3.05) is 20.1 Å². The SMILES string of the molecule is CC=C(C)C(=CC)C1CCCCN1CC(C)=NC. The monoisotopic (exact) mass is 248 g/mol. The number of likely N-dealkylation sites (tertiary alicyclic amines) is 1. The highest BCUT2D eigenvalue weighted by Crippen LogP contribution is 2.27. The predicted octanol–water partition coefficient (Wildman–Crippen LogP) is 3.84. The lowest BCUT2D eigenvalue weighted by Gasteiger charge is -2.37. The maximum absolute atomic E-state index is 4.31. The Kier molecular flexibility index (Phi) is 6.34. The summed E-state index contributed by atoms with van der Waals surface area (Å²) in [4.78, 5) is 6.90. The van der Waals surface area contributed by atoms with Crippen LogP contribution in [0.5, 0.6) is 0 Å². The van der Waals surface area contributed by atoms with Gasteiger partial charge in [0.05, 0.1) is 0 Å². The summed E-state index contributed by atoms with van der Waals surface area (Å²) < 4.78 is 0. The van der Waals surface area contributed by atoms with Gasteiger partial charge in [-0.1, -0.05) is 24.1 Å². The Morgan fingerprint density at radius 3 is 2.50 bits per heavy atom. The van der Waals surface area contributed by atoms with Gasteiger partial charge in [-0.15, -0.1) is 0 Å². The van der Waals surface area contributed by atoms with Crippen LogP contribution in [0.1, 0.15) is 47.0 Å². The Hall–Kier alpha value is -0.890. The van der Waals surface area contributed by atoms with E-state index in [0.717, 1.165) is 6.54 Å². The van der Waals surface area contributed by atoms with Crippen molar-refractivity contribution in [2.45, 2.75) is 53.0 Å². The van der Waals surface area contributed by atoms with Crippen molar-refractivity contribution in [2.24, 2.45) is 4.99 Å². The molecule has 102 valence electrons. The lowest BCUT2D eigenvalue weighted by atomic mass is 9.90. The van der Waals surface area contributed by atoms with Crippen LogP contribution in [0.3, 0.4) is 0 Å². The summed E-state index contributed by atoms with van der Waals surface area (Å²) in [6.07, 6.45) is 8.46. The maximum atomic E-state index is 4.31. The summed E-state index contributed by atoms with van der Waals surface area (Å²) in [7, 11) is 1.89. The Labute approximate surface area is 112 Å². The van der Waals surface area contributed by atoms with Gasteiger partial charge < -0.3 is 0 Å². The van der Waals surface area contributed by atoms with Crippen LogP contribution in [0.25, 0.3) is 0 Å². The van der Waals surface area contributed by atoms with Crippen LogP contribution >= 0.6 is 0 Å². The van der Waals surface area contributed by atoms with E-state index in [9.17, 15) is 0 Å². The smallest absolute Gasteiger partial charge is 0.0366 e. The van der Waals surface area contributed by atoms with Crippen LogP contribution in [0.2, 0.25) is 0 Å². The number of hydrogen-bond donors (Lipinski definition) is 0. The first kappa shape index (κ1) is 15.2. The number of hydrogen-bond acceptors (Lipinski definition) is 2. The fourth-order valence-electron chi connectivity index (χ4n) is 2.75. The van der Waals surface area contributed by atoms with Crippen molar-refractivity contribution in [1.29, 1.82) is 0 Å². The molecule has 0 aliphatic carbocycles. The van der Waals surface area contributed by atoms with Gasteiger partial charge in [-0.25, -0.2) is 0 Å². The number of piperidine rings is 1. The lowest BCUT2D eigenvalue weighted by molar-refractivity contribution is 0.197. The summed E-state index contributed by atoms with van der Waals surface area (Å²) in [5, 5.41) is 0. The van der Waals surface area contributed by atoms with Crippen LogP contribution in [-0.2, 0) is 0 Å². The number of rotatable bonds is 4. The molecule has 2 nitrogen and oxygen atoms in total. The number of aliphatic imine (C=N–C) groups is 1. The van der Waals surface area contributed by atoms with Gasteiger partial charge in [-0.2, -0.15) is 0 Å². The molecule has 0 amide bonds. The maximum Gasteiger partial charge on any atom is 0.0366 e. The second-order valence-corrected chi connectivity index (χ2v) is 5.16. The summed E-state index contributed by atoms with van der Waals surface area (Å²) in [6.45, 7) is 10.9. The minimum absolute atomic E-state index is 0.580. The zero-order valence-corrected chi connectivity index (χ0v) is 12.7. The van der Waals surface area contributed by atoms with Gasteiger partial charge >= 0.3 is 0 Å². The summed E-state index contributed by atoms with van der Waals surface area (Å²) in [5.41, 5.74) is 4.15. The molecule has 0 radical (unpaired) electrons. The third kappa shape index (κ3) is 3.81. The molecule has 0 aromatic carbocycles. The molecule has 1 unspecified atom stereocenters. The molecule has 1 fully saturated rings. The molecule has 1 rings (SSSR count). The van der Waals surface area contributed by atoms with Gasteiger partial charge in [0.25, 0.3) is 0 Å². The third-order valence-corrected chi connectivity index (χ3v) is 3.99. The van der Waals surface area contributed by atoms with Crippen LogP contribution < -0.4 is 0 Å². The Bertz CT molecular complexity index is 350. The van der Waals surface area contributed by atoms with Gasteiger partial charge in [-0.3, -0.25) is 9.89 Å². The van der Waals surface area contributed by atoms with E-state index in [0.29, 0.717) is 6.04 Å². The van der Waals surface area contributed by atoms with E-state index < -0.39 is 0 Å². The molecule has 2 heteroatoms. The molecular formula is C16H28N2. The van der Waals surface area contributed by atoms with Crippen molar-refractivity contribution in [3.63, 3.8) is 0 Å². The highest BCUT2D eigenvalue weighted by molar-refractivity contribution is 5.83. The minimum Gasteiger partial charge on any atom is -0.296 e. The minimum atomic E-state index is 0.580. The molecular weight excluding hydrogens is 220 g/mol. The molecule has 0 spiro atoms. The molecule has 18 heavy (non-hydrogen) atoms. The van der Waals surface area contributed by atoms with E-state index in [1.54, 1.807) is 0 Å². The molecule has 1 aliphatic heterocycles. The van der Waals surface area contributed by atoms with Crippen molar-refractivity contribution >= 4 is 5.71 Å². The number of nitrogens with zero attached hydrogens (tertiary/aromatic N) is 2. The summed E-state index contributed by atoms with van der Waals surface area (Å²) >= 11 is 0. The summed E-state index contributed by atoms with van der Waals surface area (Å²) in [5.74, 6) is 0. The topological polar surface area (TPSA) is 15.6 Å². The van der Waals surface area contributed by atoms with Gasteiger partial charge in [0.15, 0.2) is 0 Å². The van der Waals surface area contributed by atoms with E-state index >= 15 is 0 Å². The van der Waals surface area contributed by atoms with Crippen molar-refractivity contribution in [3.05, 3.63) is 23.3 Å². The van der Waals surface area contributed by atoms with E-state index in [1.807, 2.05) is 7.05 Å². The fraction of sp³-hybridized carbons (Fsp3) is 0.688. The average molecular weight is 248 g/mol. The summed E-state index contributed by atoms with van der Waals surface area (Å²) in [6, 6.07) is 0.580.